The standard InChI is InChI=1S/C18H27NO3/c1-22-16-9-5-7-15(13-16)8-6-12-19-17(20)14-18(21)10-3-2-4-11-18/h5,7,9,13,21H,2-4,6,8,10-12,14H2,1H3,(H,19,20). The lowest BCUT2D eigenvalue weighted by Gasteiger charge is -2.31. The highest BCUT2D eigenvalue weighted by Crippen LogP contribution is 2.30. The number of hydrogen-bond acceptors (Lipinski definition) is 3. The van der Waals surface area contributed by atoms with Crippen molar-refractivity contribution in [3.8, 4) is 5.75 Å². The van der Waals surface area contributed by atoms with Crippen molar-refractivity contribution in [1.29, 1.82) is 0 Å². The Bertz CT molecular complexity index is 481. The van der Waals surface area contributed by atoms with Crippen LogP contribution < -0.4 is 10.1 Å². The normalized spacial score (nSPS) is 17.0. The van der Waals surface area contributed by atoms with Crippen molar-refractivity contribution in [2.75, 3.05) is 13.7 Å². The second kappa shape index (κ2) is 8.18. The van der Waals surface area contributed by atoms with Crippen LogP contribution >= 0.6 is 0 Å². The van der Waals surface area contributed by atoms with E-state index in [-0.39, 0.29) is 12.3 Å². The van der Waals surface area contributed by atoms with Gasteiger partial charge in [-0.25, -0.2) is 0 Å². The van der Waals surface area contributed by atoms with Crippen LogP contribution in [0, 0.1) is 0 Å². The molecule has 1 aliphatic rings. The number of aryl methyl sites for hydroxylation is 1. The van der Waals surface area contributed by atoms with Crippen molar-refractivity contribution in [1.82, 2.24) is 5.32 Å². The Labute approximate surface area is 132 Å². The van der Waals surface area contributed by atoms with E-state index in [1.807, 2.05) is 18.2 Å². The SMILES string of the molecule is COc1cccc(CCCNC(=O)CC2(O)CCCCC2)c1. The van der Waals surface area contributed by atoms with E-state index in [0.29, 0.717) is 6.54 Å². The minimum Gasteiger partial charge on any atom is -0.497 e. The molecular formula is C18H27NO3. The van der Waals surface area contributed by atoms with Gasteiger partial charge in [0, 0.05) is 6.54 Å². The van der Waals surface area contributed by atoms with E-state index < -0.39 is 5.60 Å². The number of carbonyl (C=O) groups excluding carboxylic acids is 1. The van der Waals surface area contributed by atoms with Gasteiger partial charge in [-0.3, -0.25) is 4.79 Å². The number of nitrogens with one attached hydrogen (secondary N) is 1. The Morgan fingerprint density at radius 1 is 1.32 bits per heavy atom. The molecule has 0 heterocycles. The van der Waals surface area contributed by atoms with Crippen molar-refractivity contribution in [2.24, 2.45) is 0 Å². The number of hydrogen-bond donors (Lipinski definition) is 2. The van der Waals surface area contributed by atoms with Crippen molar-refractivity contribution in [3.05, 3.63) is 29.8 Å². The van der Waals surface area contributed by atoms with Crippen molar-refractivity contribution >= 4 is 5.91 Å². The van der Waals surface area contributed by atoms with Gasteiger partial charge in [0.15, 0.2) is 0 Å². The third-order valence-corrected chi connectivity index (χ3v) is 4.37. The zero-order valence-electron chi connectivity index (χ0n) is 13.4. The van der Waals surface area contributed by atoms with Crippen LogP contribution in [0.5, 0.6) is 5.75 Å². The van der Waals surface area contributed by atoms with Crippen LogP contribution in [0.1, 0.15) is 50.5 Å². The molecule has 4 heteroatoms. The lowest BCUT2D eigenvalue weighted by Crippen LogP contribution is -2.38. The van der Waals surface area contributed by atoms with Gasteiger partial charge >= 0.3 is 0 Å². The van der Waals surface area contributed by atoms with Gasteiger partial charge < -0.3 is 15.2 Å². The van der Waals surface area contributed by atoms with E-state index in [0.717, 1.165) is 44.3 Å². The molecule has 0 aliphatic heterocycles. The number of carbonyl (C=O) groups is 1. The fraction of sp³-hybridized carbons (Fsp3) is 0.611. The number of aliphatic hydroxyl groups is 1. The molecule has 2 N–H and O–H groups in total. The van der Waals surface area contributed by atoms with E-state index in [9.17, 15) is 9.90 Å². The summed E-state index contributed by atoms with van der Waals surface area (Å²) in [5.74, 6) is 0.830. The fourth-order valence-electron chi connectivity index (χ4n) is 3.10. The summed E-state index contributed by atoms with van der Waals surface area (Å²) in [5, 5.41) is 13.3. The number of rotatable bonds is 7. The summed E-state index contributed by atoms with van der Waals surface area (Å²) >= 11 is 0. The lowest BCUT2D eigenvalue weighted by molar-refractivity contribution is -0.127. The van der Waals surface area contributed by atoms with E-state index in [4.69, 9.17) is 4.74 Å². The minimum atomic E-state index is -0.769. The summed E-state index contributed by atoms with van der Waals surface area (Å²) in [6, 6.07) is 7.99. The van der Waals surface area contributed by atoms with Crippen molar-refractivity contribution in [2.45, 2.75) is 57.0 Å². The highest BCUT2D eigenvalue weighted by Gasteiger charge is 2.31. The number of ether oxygens (including phenoxy) is 1. The van der Waals surface area contributed by atoms with Crippen LogP contribution in [0.25, 0.3) is 0 Å². The molecule has 2 rings (SSSR count). The maximum Gasteiger partial charge on any atom is 0.222 e. The van der Waals surface area contributed by atoms with Gasteiger partial charge in [-0.1, -0.05) is 31.4 Å². The van der Waals surface area contributed by atoms with Crippen LogP contribution in [-0.2, 0) is 11.2 Å². The highest BCUT2D eigenvalue weighted by atomic mass is 16.5. The summed E-state index contributed by atoms with van der Waals surface area (Å²) in [4.78, 5) is 11.9. The first-order valence-corrected chi connectivity index (χ1v) is 8.23. The summed E-state index contributed by atoms with van der Waals surface area (Å²) in [7, 11) is 1.66. The molecule has 122 valence electrons. The van der Waals surface area contributed by atoms with Crippen molar-refractivity contribution in [3.63, 3.8) is 0 Å². The van der Waals surface area contributed by atoms with Gasteiger partial charge in [-0.05, 0) is 43.4 Å². The highest BCUT2D eigenvalue weighted by molar-refractivity contribution is 5.77. The monoisotopic (exact) mass is 305 g/mol. The summed E-state index contributed by atoms with van der Waals surface area (Å²) < 4.78 is 5.20. The van der Waals surface area contributed by atoms with Crippen molar-refractivity contribution < 1.29 is 14.6 Å². The van der Waals surface area contributed by atoms with Gasteiger partial charge in [-0.15, -0.1) is 0 Å². The molecule has 1 saturated carbocycles. The molecule has 0 atom stereocenters. The van der Waals surface area contributed by atoms with E-state index in [2.05, 4.69) is 11.4 Å². The van der Waals surface area contributed by atoms with Gasteiger partial charge in [0.1, 0.15) is 5.75 Å². The van der Waals surface area contributed by atoms with Gasteiger partial charge in [0.2, 0.25) is 5.91 Å². The van der Waals surface area contributed by atoms with E-state index in [1.165, 1.54) is 12.0 Å². The molecule has 1 aromatic carbocycles. The zero-order valence-corrected chi connectivity index (χ0v) is 13.4. The molecule has 0 aromatic heterocycles. The van der Waals surface area contributed by atoms with Gasteiger partial charge in [0.25, 0.3) is 0 Å². The topological polar surface area (TPSA) is 58.6 Å². The maximum atomic E-state index is 11.9. The summed E-state index contributed by atoms with van der Waals surface area (Å²) in [6.07, 6.45) is 6.77. The smallest absolute Gasteiger partial charge is 0.222 e. The van der Waals surface area contributed by atoms with Gasteiger partial charge in [-0.2, -0.15) is 0 Å². The predicted molar refractivity (Wildman–Crippen MR) is 87.0 cm³/mol. The molecule has 0 saturated heterocycles. The minimum absolute atomic E-state index is 0.0324. The molecule has 1 fully saturated rings. The first kappa shape index (κ1) is 16.8. The molecule has 0 bridgehead atoms. The molecule has 0 unspecified atom stereocenters. The molecule has 1 aliphatic carbocycles. The Balaban J connectivity index is 1.66. The first-order valence-electron chi connectivity index (χ1n) is 8.23. The third kappa shape index (κ3) is 5.34. The molecule has 22 heavy (non-hydrogen) atoms. The summed E-state index contributed by atoms with van der Waals surface area (Å²) in [5.41, 5.74) is 0.439. The Morgan fingerprint density at radius 2 is 2.09 bits per heavy atom. The molecule has 1 aromatic rings. The van der Waals surface area contributed by atoms with E-state index >= 15 is 0 Å². The van der Waals surface area contributed by atoms with Crippen LogP contribution in [0.4, 0.5) is 0 Å². The molecular weight excluding hydrogens is 278 g/mol. The molecule has 4 nitrogen and oxygen atoms in total. The molecule has 1 amide bonds. The average Bonchev–Trinajstić information content (AvgIpc) is 2.52. The predicted octanol–water partition coefficient (Wildman–Crippen LogP) is 2.83. The average molecular weight is 305 g/mol. The van der Waals surface area contributed by atoms with E-state index in [1.54, 1.807) is 7.11 Å². The number of amides is 1. The first-order chi connectivity index (χ1) is 10.6. The van der Waals surface area contributed by atoms with Crippen LogP contribution in [0.15, 0.2) is 24.3 Å². The van der Waals surface area contributed by atoms with Crippen LogP contribution in [0.3, 0.4) is 0 Å². The largest absolute Gasteiger partial charge is 0.497 e. The Morgan fingerprint density at radius 3 is 2.82 bits per heavy atom. The molecule has 0 spiro atoms. The number of methoxy groups -OCH3 is 1. The third-order valence-electron chi connectivity index (χ3n) is 4.37. The quantitative estimate of drug-likeness (QED) is 0.762. The second-order valence-corrected chi connectivity index (χ2v) is 6.27. The lowest BCUT2D eigenvalue weighted by atomic mass is 9.82. The Kier molecular flexibility index (Phi) is 6.25. The number of benzene rings is 1. The van der Waals surface area contributed by atoms with Crippen LogP contribution in [-0.4, -0.2) is 30.3 Å². The van der Waals surface area contributed by atoms with Crippen LogP contribution in [0.2, 0.25) is 0 Å². The Hall–Kier alpha value is -1.55. The fourth-order valence-corrected chi connectivity index (χ4v) is 3.10. The second-order valence-electron chi connectivity index (χ2n) is 6.27. The maximum absolute atomic E-state index is 11.9. The zero-order chi connectivity index (χ0) is 15.8. The van der Waals surface area contributed by atoms with Gasteiger partial charge in [0.05, 0.1) is 19.1 Å². The molecule has 0 radical (unpaired) electrons. The summed E-state index contributed by atoms with van der Waals surface area (Å²) in [6.45, 7) is 0.645.